The first-order chi connectivity index (χ1) is 7.24. The van der Waals surface area contributed by atoms with Crippen LogP contribution in [0.3, 0.4) is 0 Å². The summed E-state index contributed by atoms with van der Waals surface area (Å²) in [5, 5.41) is 2.75. The fraction of sp³-hybridized carbons (Fsp3) is 0.231. The van der Waals surface area contributed by atoms with E-state index in [1.165, 1.54) is 21.9 Å². The summed E-state index contributed by atoms with van der Waals surface area (Å²) in [5.74, 6) is 0.444. The van der Waals surface area contributed by atoms with Crippen LogP contribution >= 0.6 is 22.6 Å². The predicted octanol–water partition coefficient (Wildman–Crippen LogP) is 3.97. The molecule has 0 spiro atoms. The molecule has 1 fully saturated rings. The molecule has 2 aromatic rings. The Balaban J connectivity index is 2.21. The van der Waals surface area contributed by atoms with Crippen LogP contribution in [0.25, 0.3) is 10.8 Å². The highest BCUT2D eigenvalue weighted by Crippen LogP contribution is 2.71. The summed E-state index contributed by atoms with van der Waals surface area (Å²) in [7, 11) is 0. The molecule has 68 valence electrons. The number of rotatable bonds is 0. The Morgan fingerprint density at radius 3 is 2.93 bits per heavy atom. The maximum atomic E-state index is 8.09. The summed E-state index contributed by atoms with van der Waals surface area (Å²) in [6, 6.07) is 13.0. The van der Waals surface area contributed by atoms with Gasteiger partial charge in [0.2, 0.25) is 0 Å². The van der Waals surface area contributed by atoms with Gasteiger partial charge in [0.25, 0.3) is 0 Å². The van der Waals surface area contributed by atoms with Crippen molar-refractivity contribution < 1.29 is 1.37 Å². The molecule has 0 radical (unpaired) electrons. The molecule has 2 aliphatic rings. The molecular weight excluding hydrogens is 283 g/mol. The first-order valence-corrected chi connectivity index (χ1v) is 5.96. The second-order valence-corrected chi connectivity index (χ2v) is 5.95. The summed E-state index contributed by atoms with van der Waals surface area (Å²) in [6.45, 7) is 0. The number of benzene rings is 2. The second-order valence-electron chi connectivity index (χ2n) is 4.16. The highest BCUT2D eigenvalue weighted by molar-refractivity contribution is 14.1. The van der Waals surface area contributed by atoms with Crippen molar-refractivity contribution in [3.8, 4) is 0 Å². The number of hydrogen-bond donors (Lipinski definition) is 0. The standard InChI is InChI=1S/C13H9I/c14-13-7-11(13)9-5-1-3-8-4-2-6-10(13)12(8)9/h1-6,11H,7H2/t11-,13-/m0/s1/i7D/t7-,11+,13+/m1. The minimum absolute atomic E-state index is 0.0681. The van der Waals surface area contributed by atoms with E-state index in [2.05, 4.69) is 59.0 Å². The summed E-state index contributed by atoms with van der Waals surface area (Å²) >= 11 is 2.48. The van der Waals surface area contributed by atoms with Crippen LogP contribution in [-0.4, -0.2) is 0 Å². The molecule has 3 atom stereocenters. The topological polar surface area (TPSA) is 0 Å². The monoisotopic (exact) mass is 293 g/mol. The van der Waals surface area contributed by atoms with Crippen LogP contribution in [0, 0.1) is 0 Å². The van der Waals surface area contributed by atoms with Crippen molar-refractivity contribution in [3.05, 3.63) is 47.5 Å². The van der Waals surface area contributed by atoms with Crippen molar-refractivity contribution in [2.24, 2.45) is 0 Å². The Labute approximate surface area is 97.9 Å². The van der Waals surface area contributed by atoms with E-state index in [0.29, 0.717) is 5.92 Å². The van der Waals surface area contributed by atoms with Crippen molar-refractivity contribution >= 4 is 33.4 Å². The number of fused-ring (bicyclic) bond motifs is 3. The molecule has 1 saturated carbocycles. The quantitative estimate of drug-likeness (QED) is 0.509. The summed E-state index contributed by atoms with van der Waals surface area (Å²) in [5.41, 5.74) is 2.79. The van der Waals surface area contributed by atoms with Crippen molar-refractivity contribution in [3.63, 3.8) is 0 Å². The summed E-state index contributed by atoms with van der Waals surface area (Å²) < 4.78 is 8.18. The number of halogens is 1. The van der Waals surface area contributed by atoms with Crippen LogP contribution < -0.4 is 0 Å². The Bertz CT molecular complexity index is 587. The minimum atomic E-state index is 0.0681. The van der Waals surface area contributed by atoms with Crippen LogP contribution in [0.1, 0.15) is 24.8 Å². The van der Waals surface area contributed by atoms with Gasteiger partial charge >= 0.3 is 0 Å². The zero-order valence-corrected chi connectivity index (χ0v) is 9.65. The van der Waals surface area contributed by atoms with Crippen molar-refractivity contribution in [1.82, 2.24) is 0 Å². The molecule has 0 nitrogen and oxygen atoms in total. The summed E-state index contributed by atoms with van der Waals surface area (Å²) in [6.07, 6.45) is 0.0681. The fourth-order valence-electron chi connectivity index (χ4n) is 2.72. The van der Waals surface area contributed by atoms with Crippen LogP contribution in [0.5, 0.6) is 0 Å². The molecule has 0 heterocycles. The summed E-state index contributed by atoms with van der Waals surface area (Å²) in [4.78, 5) is 0. The highest BCUT2D eigenvalue weighted by atomic mass is 127. The second kappa shape index (κ2) is 2.16. The van der Waals surface area contributed by atoms with Crippen molar-refractivity contribution in [2.45, 2.75) is 15.7 Å². The zero-order valence-electron chi connectivity index (χ0n) is 8.50. The third-order valence-corrected chi connectivity index (χ3v) is 5.05. The van der Waals surface area contributed by atoms with E-state index in [0.717, 1.165) is 0 Å². The molecule has 0 unspecified atom stereocenters. The third kappa shape index (κ3) is 0.691. The van der Waals surface area contributed by atoms with Gasteiger partial charge in [-0.05, 0) is 28.3 Å². The van der Waals surface area contributed by atoms with Gasteiger partial charge in [-0.15, -0.1) is 0 Å². The van der Waals surface area contributed by atoms with Crippen LogP contribution in [0.2, 0.25) is 0 Å². The van der Waals surface area contributed by atoms with Gasteiger partial charge in [-0.1, -0.05) is 59.0 Å². The first-order valence-electron chi connectivity index (χ1n) is 5.45. The lowest BCUT2D eigenvalue weighted by atomic mass is 10.0. The molecule has 0 aliphatic heterocycles. The van der Waals surface area contributed by atoms with E-state index in [-0.39, 0.29) is 9.82 Å². The van der Waals surface area contributed by atoms with E-state index in [9.17, 15) is 0 Å². The van der Waals surface area contributed by atoms with Crippen LogP contribution in [-0.2, 0) is 3.42 Å². The van der Waals surface area contributed by atoms with Crippen LogP contribution in [0.15, 0.2) is 36.4 Å². The largest absolute Gasteiger partial charge is 0.0729 e. The number of alkyl halides is 1. The average Bonchev–Trinajstić information content (AvgIpc) is 2.68. The van der Waals surface area contributed by atoms with E-state index in [4.69, 9.17) is 1.37 Å². The Hall–Kier alpha value is -0.570. The lowest BCUT2D eigenvalue weighted by molar-refractivity contribution is 1.06. The minimum Gasteiger partial charge on any atom is -0.0729 e. The van der Waals surface area contributed by atoms with Gasteiger partial charge in [0, 0.05) is 7.29 Å². The van der Waals surface area contributed by atoms with E-state index < -0.39 is 0 Å². The van der Waals surface area contributed by atoms with E-state index >= 15 is 0 Å². The molecule has 2 aliphatic carbocycles. The van der Waals surface area contributed by atoms with Gasteiger partial charge in [0.05, 0.1) is 3.42 Å². The SMILES string of the molecule is [2H][C@@H]1[C@H]2c3cccc4cccc(c34)[C@@]12I. The molecule has 2 aromatic carbocycles. The molecule has 0 saturated heterocycles. The van der Waals surface area contributed by atoms with Crippen molar-refractivity contribution in [2.75, 3.05) is 0 Å². The molecule has 1 heteroatoms. The first kappa shape index (κ1) is 6.83. The Kier molecular flexibility index (Phi) is 1.05. The third-order valence-electron chi connectivity index (χ3n) is 3.44. The maximum absolute atomic E-state index is 8.09. The normalized spacial score (nSPS) is 38.2. The average molecular weight is 293 g/mol. The smallest absolute Gasteiger partial charge is 0.0552 e. The highest BCUT2D eigenvalue weighted by Gasteiger charge is 2.59. The molecule has 0 bridgehead atoms. The van der Waals surface area contributed by atoms with Gasteiger partial charge in [0.1, 0.15) is 0 Å². The lowest BCUT2D eigenvalue weighted by Gasteiger charge is -2.06. The van der Waals surface area contributed by atoms with Gasteiger partial charge in [0.15, 0.2) is 0 Å². The van der Waals surface area contributed by atoms with Gasteiger partial charge in [-0.25, -0.2) is 0 Å². The molecular formula is C13H9I. The Morgan fingerprint density at radius 1 is 1.29 bits per heavy atom. The lowest BCUT2D eigenvalue weighted by Crippen LogP contribution is -1.92. The number of hydrogen-bond acceptors (Lipinski definition) is 0. The van der Waals surface area contributed by atoms with E-state index in [1.807, 2.05) is 0 Å². The maximum Gasteiger partial charge on any atom is 0.0552 e. The molecule has 4 rings (SSSR count). The Morgan fingerprint density at radius 2 is 2.07 bits per heavy atom. The van der Waals surface area contributed by atoms with Gasteiger partial charge in [-0.3, -0.25) is 0 Å². The fourth-order valence-corrected chi connectivity index (χ4v) is 3.86. The van der Waals surface area contributed by atoms with Crippen LogP contribution in [0.4, 0.5) is 0 Å². The molecule has 0 aromatic heterocycles. The molecule has 0 N–H and O–H groups in total. The van der Waals surface area contributed by atoms with E-state index in [1.54, 1.807) is 0 Å². The molecule has 14 heavy (non-hydrogen) atoms. The van der Waals surface area contributed by atoms with Gasteiger partial charge in [-0.2, -0.15) is 0 Å². The van der Waals surface area contributed by atoms with Gasteiger partial charge < -0.3 is 0 Å². The molecule has 0 amide bonds. The zero-order chi connectivity index (χ0) is 10.2. The van der Waals surface area contributed by atoms with Crippen molar-refractivity contribution in [1.29, 1.82) is 0 Å². The predicted molar refractivity (Wildman–Crippen MR) is 67.0 cm³/mol.